The van der Waals surface area contributed by atoms with Gasteiger partial charge in [-0.1, -0.05) is 6.07 Å². The van der Waals surface area contributed by atoms with E-state index < -0.39 is 10.8 Å². The first-order valence-corrected chi connectivity index (χ1v) is 8.97. The maximum absolute atomic E-state index is 12.7. The van der Waals surface area contributed by atoms with Crippen molar-refractivity contribution >= 4 is 17.3 Å². The summed E-state index contributed by atoms with van der Waals surface area (Å²) in [6.45, 7) is 2.14. The van der Waals surface area contributed by atoms with Crippen LogP contribution in [0, 0.1) is 32.8 Å². The third-order valence-electron chi connectivity index (χ3n) is 4.22. The second kappa shape index (κ2) is 10.4. The van der Waals surface area contributed by atoms with Crippen molar-refractivity contribution in [1.29, 1.82) is 10.5 Å². The van der Waals surface area contributed by atoms with Gasteiger partial charge in [0.1, 0.15) is 5.69 Å². The lowest BCUT2D eigenvalue weighted by atomic mass is 10.1. The van der Waals surface area contributed by atoms with Crippen LogP contribution in [0.2, 0.25) is 0 Å². The number of anilines is 1. The van der Waals surface area contributed by atoms with Crippen LogP contribution in [0.5, 0.6) is 0 Å². The van der Waals surface area contributed by atoms with Crippen LogP contribution in [-0.2, 0) is 0 Å². The zero-order chi connectivity index (χ0) is 21.2. The summed E-state index contributed by atoms with van der Waals surface area (Å²) in [5, 5.41) is 32.2. The van der Waals surface area contributed by atoms with E-state index in [1.165, 1.54) is 23.1 Å². The summed E-state index contributed by atoms with van der Waals surface area (Å²) in [4.78, 5) is 29.3. The van der Waals surface area contributed by atoms with Crippen LogP contribution in [0.1, 0.15) is 41.9 Å². The van der Waals surface area contributed by atoms with E-state index in [0.717, 1.165) is 5.69 Å². The van der Waals surface area contributed by atoms with Crippen molar-refractivity contribution in [1.82, 2.24) is 9.88 Å². The van der Waals surface area contributed by atoms with E-state index in [2.05, 4.69) is 10.3 Å². The van der Waals surface area contributed by atoms with Crippen LogP contribution >= 0.6 is 0 Å². The normalized spacial score (nSPS) is 11.0. The van der Waals surface area contributed by atoms with Crippen molar-refractivity contribution in [3.05, 3.63) is 64.0 Å². The van der Waals surface area contributed by atoms with Crippen molar-refractivity contribution in [2.45, 2.75) is 25.8 Å². The third kappa shape index (κ3) is 5.75. The summed E-state index contributed by atoms with van der Waals surface area (Å²) < 4.78 is 0. The van der Waals surface area contributed by atoms with Crippen LogP contribution in [0.15, 0.2) is 42.6 Å². The van der Waals surface area contributed by atoms with Crippen molar-refractivity contribution < 1.29 is 9.72 Å². The van der Waals surface area contributed by atoms with Crippen molar-refractivity contribution in [2.24, 2.45) is 0 Å². The van der Waals surface area contributed by atoms with Gasteiger partial charge in [0.2, 0.25) is 0 Å². The Morgan fingerprint density at radius 1 is 1.24 bits per heavy atom. The minimum absolute atomic E-state index is 0.112. The molecule has 0 aliphatic rings. The molecule has 29 heavy (non-hydrogen) atoms. The van der Waals surface area contributed by atoms with Crippen LogP contribution in [0.3, 0.4) is 0 Å². The molecule has 1 amide bonds. The third-order valence-corrected chi connectivity index (χ3v) is 4.22. The van der Waals surface area contributed by atoms with Gasteiger partial charge in [-0.05, 0) is 31.2 Å². The molecule has 0 bridgehead atoms. The molecule has 2 aromatic rings. The maximum atomic E-state index is 12.7. The number of benzene rings is 1. The van der Waals surface area contributed by atoms with Gasteiger partial charge in [0.15, 0.2) is 0 Å². The number of nitro benzene ring substituents is 1. The van der Waals surface area contributed by atoms with Gasteiger partial charge < -0.3 is 10.2 Å². The predicted octanol–water partition coefficient (Wildman–Crippen LogP) is 3.43. The van der Waals surface area contributed by atoms with Crippen LogP contribution in [0.25, 0.3) is 0 Å². The quantitative estimate of drug-likeness (QED) is 0.510. The number of nitro groups is 1. The number of rotatable bonds is 9. The Bertz CT molecular complexity index is 931. The molecule has 0 saturated heterocycles. The van der Waals surface area contributed by atoms with Gasteiger partial charge in [-0.25, -0.2) is 0 Å². The van der Waals surface area contributed by atoms with Gasteiger partial charge in [0.25, 0.3) is 11.6 Å². The summed E-state index contributed by atoms with van der Waals surface area (Å²) in [7, 11) is 0. The summed E-state index contributed by atoms with van der Waals surface area (Å²) >= 11 is 0. The maximum Gasteiger partial charge on any atom is 0.293 e. The summed E-state index contributed by atoms with van der Waals surface area (Å²) in [5.41, 5.74) is 0.884. The summed E-state index contributed by atoms with van der Waals surface area (Å²) in [5.74, 6) is -0.456. The molecule has 9 heteroatoms. The smallest absolute Gasteiger partial charge is 0.293 e. The van der Waals surface area contributed by atoms with Gasteiger partial charge >= 0.3 is 0 Å². The fraction of sp³-hybridized carbons (Fsp3) is 0.300. The topological polar surface area (TPSA) is 136 Å². The number of nitriles is 2. The molecule has 1 N–H and O–H groups in total. The van der Waals surface area contributed by atoms with Gasteiger partial charge in [-0.3, -0.25) is 19.9 Å². The van der Waals surface area contributed by atoms with E-state index in [-0.39, 0.29) is 48.9 Å². The zero-order valence-corrected chi connectivity index (χ0v) is 15.9. The SMILES string of the molecule is CC(Nc1ccc(C(=O)N(CCC#N)CCC#N)cc1[N+](=O)[O-])c1ccccn1. The van der Waals surface area contributed by atoms with E-state index in [1.54, 1.807) is 12.3 Å². The second-order valence-electron chi connectivity index (χ2n) is 6.22. The van der Waals surface area contributed by atoms with E-state index in [4.69, 9.17) is 10.5 Å². The van der Waals surface area contributed by atoms with Crippen molar-refractivity contribution in [3.63, 3.8) is 0 Å². The molecular weight excluding hydrogens is 372 g/mol. The molecule has 0 fully saturated rings. The predicted molar refractivity (Wildman–Crippen MR) is 106 cm³/mol. The first-order valence-electron chi connectivity index (χ1n) is 8.97. The molecule has 1 unspecified atom stereocenters. The minimum Gasteiger partial charge on any atom is -0.371 e. The molecular formula is C20H20N6O3. The molecule has 148 valence electrons. The zero-order valence-electron chi connectivity index (χ0n) is 15.9. The number of carbonyl (C=O) groups excluding carboxylic acids is 1. The van der Waals surface area contributed by atoms with Crippen molar-refractivity contribution in [3.8, 4) is 12.1 Å². The molecule has 2 rings (SSSR count). The van der Waals surface area contributed by atoms with E-state index in [1.807, 2.05) is 31.2 Å². The fourth-order valence-electron chi connectivity index (χ4n) is 2.74. The molecule has 0 radical (unpaired) electrons. The Morgan fingerprint density at radius 2 is 1.93 bits per heavy atom. The lowest BCUT2D eigenvalue weighted by Crippen LogP contribution is -2.32. The molecule has 1 aromatic heterocycles. The van der Waals surface area contributed by atoms with E-state index in [0.29, 0.717) is 0 Å². The summed E-state index contributed by atoms with van der Waals surface area (Å²) in [6, 6.07) is 13.2. The Hall–Kier alpha value is -3.98. The standard InChI is InChI=1S/C20H20N6O3/c1-15(17-6-2-3-11-23-17)24-18-8-7-16(14-19(18)26(28)29)20(27)25(12-4-9-21)13-5-10-22/h2-3,6-8,11,14-15,24H,4-5,12-13H2,1H3. The highest BCUT2D eigenvalue weighted by Crippen LogP contribution is 2.29. The summed E-state index contributed by atoms with van der Waals surface area (Å²) in [6.07, 6.45) is 1.86. The first-order chi connectivity index (χ1) is 14.0. The second-order valence-corrected chi connectivity index (χ2v) is 6.22. The van der Waals surface area contributed by atoms with Gasteiger partial charge in [-0.2, -0.15) is 10.5 Å². The lowest BCUT2D eigenvalue weighted by Gasteiger charge is -2.21. The Labute approximate surface area is 168 Å². The molecule has 1 heterocycles. The van der Waals surface area contributed by atoms with Crippen molar-refractivity contribution in [2.75, 3.05) is 18.4 Å². The highest BCUT2D eigenvalue weighted by Gasteiger charge is 2.22. The number of nitrogens with zero attached hydrogens (tertiary/aromatic N) is 5. The Kier molecular flexibility index (Phi) is 7.63. The largest absolute Gasteiger partial charge is 0.371 e. The van der Waals surface area contributed by atoms with E-state index >= 15 is 0 Å². The monoisotopic (exact) mass is 392 g/mol. The minimum atomic E-state index is -0.556. The molecule has 0 aliphatic carbocycles. The highest BCUT2D eigenvalue weighted by molar-refractivity contribution is 5.95. The Morgan fingerprint density at radius 3 is 2.48 bits per heavy atom. The number of carbonyl (C=O) groups is 1. The lowest BCUT2D eigenvalue weighted by molar-refractivity contribution is -0.384. The Balaban J connectivity index is 2.28. The molecule has 1 aromatic carbocycles. The van der Waals surface area contributed by atoms with Gasteiger partial charge in [0, 0.05) is 30.9 Å². The average Bonchev–Trinajstić information content (AvgIpc) is 2.74. The number of nitrogens with one attached hydrogen (secondary N) is 1. The number of pyridine rings is 1. The number of hydrogen-bond acceptors (Lipinski definition) is 7. The first kappa shape index (κ1) is 21.3. The molecule has 0 saturated carbocycles. The molecule has 9 nitrogen and oxygen atoms in total. The van der Waals surface area contributed by atoms with Crippen LogP contribution in [-0.4, -0.2) is 33.8 Å². The fourth-order valence-corrected chi connectivity index (χ4v) is 2.74. The molecule has 1 atom stereocenters. The number of amides is 1. The van der Waals surface area contributed by atoms with Gasteiger partial charge in [-0.15, -0.1) is 0 Å². The van der Waals surface area contributed by atoms with Gasteiger partial charge in [0.05, 0.1) is 41.6 Å². The van der Waals surface area contributed by atoms with Crippen LogP contribution in [0.4, 0.5) is 11.4 Å². The molecule has 0 aliphatic heterocycles. The number of aromatic nitrogens is 1. The molecule has 0 spiro atoms. The number of hydrogen-bond donors (Lipinski definition) is 1. The highest BCUT2D eigenvalue weighted by atomic mass is 16.6. The van der Waals surface area contributed by atoms with E-state index in [9.17, 15) is 14.9 Å². The average molecular weight is 392 g/mol. The van der Waals surface area contributed by atoms with Crippen LogP contribution < -0.4 is 5.32 Å².